The van der Waals surface area contributed by atoms with Gasteiger partial charge in [0.15, 0.2) is 6.61 Å². The fourth-order valence-corrected chi connectivity index (χ4v) is 3.21. The molecular formula is C23H26ClN3O7. The van der Waals surface area contributed by atoms with E-state index < -0.39 is 41.0 Å². The molecule has 2 aromatic carbocycles. The van der Waals surface area contributed by atoms with Gasteiger partial charge >= 0.3 is 5.97 Å². The summed E-state index contributed by atoms with van der Waals surface area (Å²) in [7, 11) is 3.10. The summed E-state index contributed by atoms with van der Waals surface area (Å²) >= 11 is 5.78. The number of methoxy groups -OCH3 is 1. The third-order valence-electron chi connectivity index (χ3n) is 4.98. The first-order valence-corrected chi connectivity index (χ1v) is 10.7. The SMILES string of the molecule is COc1ccccc1CN(C)C(=O)COC(=O)[C@@H](NC(=O)c1ccc(Cl)c([N+](=O)[O-])c1)C(C)C. The summed E-state index contributed by atoms with van der Waals surface area (Å²) in [6.45, 7) is 3.11. The average molecular weight is 492 g/mol. The van der Waals surface area contributed by atoms with E-state index in [1.165, 1.54) is 24.1 Å². The smallest absolute Gasteiger partial charge is 0.329 e. The van der Waals surface area contributed by atoms with Crippen LogP contribution < -0.4 is 10.1 Å². The zero-order valence-electron chi connectivity index (χ0n) is 19.2. The Bertz CT molecular complexity index is 1070. The Morgan fingerprint density at radius 3 is 2.47 bits per heavy atom. The van der Waals surface area contributed by atoms with Crippen LogP contribution >= 0.6 is 11.6 Å². The van der Waals surface area contributed by atoms with Crippen molar-refractivity contribution in [1.82, 2.24) is 10.2 Å². The summed E-state index contributed by atoms with van der Waals surface area (Å²) in [6.07, 6.45) is 0. The number of nitro groups is 1. The first kappa shape index (κ1) is 26.6. The highest BCUT2D eigenvalue weighted by atomic mass is 35.5. The molecule has 0 aliphatic rings. The molecule has 1 atom stereocenters. The Morgan fingerprint density at radius 2 is 1.85 bits per heavy atom. The third kappa shape index (κ3) is 6.92. The van der Waals surface area contributed by atoms with E-state index in [2.05, 4.69) is 5.32 Å². The van der Waals surface area contributed by atoms with Crippen LogP contribution in [0.2, 0.25) is 5.02 Å². The molecule has 11 heteroatoms. The Labute approximate surface area is 201 Å². The Morgan fingerprint density at radius 1 is 1.18 bits per heavy atom. The molecule has 182 valence electrons. The van der Waals surface area contributed by atoms with Crippen LogP contribution in [-0.4, -0.2) is 54.4 Å². The van der Waals surface area contributed by atoms with Crippen molar-refractivity contribution in [3.63, 3.8) is 0 Å². The van der Waals surface area contributed by atoms with Gasteiger partial charge in [-0.3, -0.25) is 19.7 Å². The van der Waals surface area contributed by atoms with Crippen LogP contribution in [0.3, 0.4) is 0 Å². The second-order valence-corrected chi connectivity index (χ2v) is 8.20. The second kappa shape index (κ2) is 12.0. The molecule has 0 heterocycles. The zero-order chi connectivity index (χ0) is 25.4. The molecule has 0 aliphatic heterocycles. The van der Waals surface area contributed by atoms with Crippen molar-refractivity contribution in [2.75, 3.05) is 20.8 Å². The molecule has 0 spiro atoms. The van der Waals surface area contributed by atoms with E-state index in [1.807, 2.05) is 18.2 Å². The molecule has 2 aromatic rings. The lowest BCUT2D eigenvalue weighted by molar-refractivity contribution is -0.384. The van der Waals surface area contributed by atoms with E-state index in [9.17, 15) is 24.5 Å². The molecule has 0 aliphatic carbocycles. The molecule has 0 aromatic heterocycles. The summed E-state index contributed by atoms with van der Waals surface area (Å²) < 4.78 is 10.4. The number of benzene rings is 2. The number of nitrogens with one attached hydrogen (secondary N) is 1. The van der Waals surface area contributed by atoms with E-state index >= 15 is 0 Å². The van der Waals surface area contributed by atoms with Crippen LogP contribution in [0.25, 0.3) is 0 Å². The predicted molar refractivity (Wildman–Crippen MR) is 125 cm³/mol. The van der Waals surface area contributed by atoms with Crippen molar-refractivity contribution in [1.29, 1.82) is 0 Å². The number of esters is 1. The van der Waals surface area contributed by atoms with E-state index in [1.54, 1.807) is 27.0 Å². The second-order valence-electron chi connectivity index (χ2n) is 7.79. The molecule has 10 nitrogen and oxygen atoms in total. The molecule has 2 amide bonds. The van der Waals surface area contributed by atoms with Crippen LogP contribution in [0.1, 0.15) is 29.8 Å². The average Bonchev–Trinajstić information content (AvgIpc) is 2.80. The number of hydrogen-bond acceptors (Lipinski definition) is 7. The number of carbonyl (C=O) groups excluding carboxylic acids is 3. The maximum absolute atomic E-state index is 12.6. The number of carbonyl (C=O) groups is 3. The number of nitro benzene ring substituents is 1. The van der Waals surface area contributed by atoms with Crippen LogP contribution in [0.15, 0.2) is 42.5 Å². The predicted octanol–water partition coefficient (Wildman–Crippen LogP) is 3.21. The largest absolute Gasteiger partial charge is 0.496 e. The van der Waals surface area contributed by atoms with Crippen LogP contribution in [0.4, 0.5) is 5.69 Å². The van der Waals surface area contributed by atoms with Crippen molar-refractivity contribution in [2.45, 2.75) is 26.4 Å². The summed E-state index contributed by atoms with van der Waals surface area (Å²) in [6, 6.07) is 9.72. The molecule has 1 N–H and O–H groups in total. The normalized spacial score (nSPS) is 11.5. The van der Waals surface area contributed by atoms with Crippen molar-refractivity contribution < 1.29 is 28.8 Å². The topological polar surface area (TPSA) is 128 Å². The number of halogens is 1. The number of nitrogens with zero attached hydrogens (tertiary/aromatic N) is 2. The third-order valence-corrected chi connectivity index (χ3v) is 5.30. The van der Waals surface area contributed by atoms with Gasteiger partial charge in [0.1, 0.15) is 16.8 Å². The van der Waals surface area contributed by atoms with Gasteiger partial charge in [-0.1, -0.05) is 43.6 Å². The molecule has 34 heavy (non-hydrogen) atoms. The van der Waals surface area contributed by atoms with Gasteiger partial charge in [0, 0.05) is 30.8 Å². The maximum Gasteiger partial charge on any atom is 0.329 e. The first-order valence-electron chi connectivity index (χ1n) is 10.3. The molecule has 0 saturated carbocycles. The van der Waals surface area contributed by atoms with Crippen LogP contribution in [0, 0.1) is 16.0 Å². The van der Waals surface area contributed by atoms with Gasteiger partial charge < -0.3 is 19.7 Å². The number of para-hydroxylation sites is 1. The number of likely N-dealkylation sites (N-methyl/N-ethyl adjacent to an activating group) is 1. The molecule has 2 rings (SSSR count). The fourth-order valence-electron chi connectivity index (χ4n) is 3.03. The molecular weight excluding hydrogens is 466 g/mol. The molecule has 0 unspecified atom stereocenters. The summed E-state index contributed by atoms with van der Waals surface area (Å²) in [5, 5.41) is 13.5. The molecule has 0 saturated heterocycles. The summed E-state index contributed by atoms with van der Waals surface area (Å²) in [5.41, 5.74) is 0.320. The molecule has 0 fully saturated rings. The number of ether oxygens (including phenoxy) is 2. The van der Waals surface area contributed by atoms with Gasteiger partial charge in [0.05, 0.1) is 12.0 Å². The maximum atomic E-state index is 12.6. The van der Waals surface area contributed by atoms with Gasteiger partial charge in [-0.25, -0.2) is 4.79 Å². The van der Waals surface area contributed by atoms with E-state index in [-0.39, 0.29) is 23.0 Å². The quantitative estimate of drug-likeness (QED) is 0.307. The number of hydrogen-bond donors (Lipinski definition) is 1. The molecule has 0 bridgehead atoms. The standard InChI is InChI=1S/C23H26ClN3O7/c1-14(2)21(25-22(29)15-9-10-17(24)18(11-15)27(31)32)23(30)34-13-20(28)26(3)12-16-7-5-6-8-19(16)33-4/h5-11,14,21H,12-13H2,1-4H3,(H,25,29)/t21-/m0/s1. The lowest BCUT2D eigenvalue weighted by Crippen LogP contribution is -2.46. The van der Waals surface area contributed by atoms with Gasteiger partial charge in [-0.05, 0) is 24.1 Å². The highest BCUT2D eigenvalue weighted by Crippen LogP contribution is 2.25. The van der Waals surface area contributed by atoms with Crippen molar-refractivity contribution in [2.24, 2.45) is 5.92 Å². The minimum Gasteiger partial charge on any atom is -0.496 e. The molecule has 0 radical (unpaired) electrons. The highest BCUT2D eigenvalue weighted by molar-refractivity contribution is 6.32. The van der Waals surface area contributed by atoms with Gasteiger partial charge in [0.2, 0.25) is 0 Å². The highest BCUT2D eigenvalue weighted by Gasteiger charge is 2.28. The van der Waals surface area contributed by atoms with Gasteiger partial charge in [0.25, 0.3) is 17.5 Å². The number of amides is 2. The lowest BCUT2D eigenvalue weighted by Gasteiger charge is -2.22. The van der Waals surface area contributed by atoms with Crippen LogP contribution in [0.5, 0.6) is 5.75 Å². The monoisotopic (exact) mass is 491 g/mol. The van der Waals surface area contributed by atoms with Crippen molar-refractivity contribution in [3.8, 4) is 5.75 Å². The Hall–Kier alpha value is -3.66. The van der Waals surface area contributed by atoms with Crippen molar-refractivity contribution >= 4 is 35.1 Å². The first-order chi connectivity index (χ1) is 16.0. The van der Waals surface area contributed by atoms with Gasteiger partial charge in [-0.15, -0.1) is 0 Å². The summed E-state index contributed by atoms with van der Waals surface area (Å²) in [4.78, 5) is 49.4. The van der Waals surface area contributed by atoms with Crippen molar-refractivity contribution in [3.05, 3.63) is 68.7 Å². The number of rotatable bonds is 10. The zero-order valence-corrected chi connectivity index (χ0v) is 20.0. The lowest BCUT2D eigenvalue weighted by atomic mass is 10.0. The minimum absolute atomic E-state index is 0.0397. The minimum atomic E-state index is -1.07. The van der Waals surface area contributed by atoms with E-state index in [4.69, 9.17) is 21.1 Å². The fraction of sp³-hybridized carbons (Fsp3) is 0.348. The van der Waals surface area contributed by atoms with E-state index in [0.717, 1.165) is 11.6 Å². The Balaban J connectivity index is 2.00. The van der Waals surface area contributed by atoms with Gasteiger partial charge in [-0.2, -0.15) is 0 Å². The Kier molecular flexibility index (Phi) is 9.37. The van der Waals surface area contributed by atoms with Crippen LogP contribution in [-0.2, 0) is 20.9 Å². The summed E-state index contributed by atoms with van der Waals surface area (Å²) in [5.74, 6) is -1.70. The van der Waals surface area contributed by atoms with E-state index in [0.29, 0.717) is 5.75 Å².